The highest BCUT2D eigenvalue weighted by Gasteiger charge is 2.38. The maximum atomic E-state index is 7.12. The maximum absolute atomic E-state index is 7.12. The lowest BCUT2D eigenvalue weighted by Crippen LogP contribution is -2.34. The minimum Gasteiger partial charge on any atom is -0.473 e. The molecule has 4 aromatic carbocycles. The van der Waals surface area contributed by atoms with Crippen LogP contribution in [-0.4, -0.2) is 59.0 Å². The van der Waals surface area contributed by atoms with Crippen LogP contribution in [0.3, 0.4) is 0 Å². The highest BCUT2D eigenvalue weighted by atomic mass is 16.6. The van der Waals surface area contributed by atoms with Crippen molar-refractivity contribution in [2.24, 2.45) is 0 Å². The summed E-state index contributed by atoms with van der Waals surface area (Å²) in [7, 11) is 0. The second-order valence-corrected chi connectivity index (χ2v) is 10.4. The first-order valence-corrected chi connectivity index (χ1v) is 15.2. The Morgan fingerprint density at radius 2 is 1.30 bits per heavy atom. The molecule has 0 radical (unpaired) electrons. The highest BCUT2D eigenvalue weighted by Crippen LogP contribution is 2.46. The molecule has 5 rings (SSSR count). The van der Waals surface area contributed by atoms with Gasteiger partial charge in [0, 0.05) is 35.5 Å². The molecule has 0 fully saturated rings. The minimum absolute atomic E-state index is 0.208. The number of rotatable bonds is 17. The van der Waals surface area contributed by atoms with Gasteiger partial charge in [0.25, 0.3) is 0 Å². The molecule has 6 heteroatoms. The van der Waals surface area contributed by atoms with Crippen molar-refractivity contribution < 1.29 is 28.4 Å². The SMILES string of the molecule is CCOCCOCCOC(COCC)COCc1cc2ccccc2c2c1OC(c1ccccc1)(c1ccccc1)C=C2. The van der Waals surface area contributed by atoms with E-state index < -0.39 is 5.60 Å². The Hall–Kier alpha value is -3.52. The standard InChI is InChI=1S/C37H42O6/c1-3-38-21-22-40-23-24-42-33(27-39-4-2)28-41-26-30-25-29-13-11-12-18-34(29)35-19-20-37(43-36(30)35,31-14-7-5-8-15-31)32-16-9-6-10-17-32/h5-20,25,33H,3-4,21-24,26-28H2,1-2H3. The second-order valence-electron chi connectivity index (χ2n) is 10.4. The van der Waals surface area contributed by atoms with Crippen molar-refractivity contribution in [3.8, 4) is 5.75 Å². The van der Waals surface area contributed by atoms with Crippen LogP contribution < -0.4 is 4.74 Å². The molecular formula is C37H42O6. The first-order chi connectivity index (χ1) is 21.2. The molecule has 0 aromatic heterocycles. The number of ether oxygens (including phenoxy) is 6. The van der Waals surface area contributed by atoms with Gasteiger partial charge in [-0.3, -0.25) is 0 Å². The van der Waals surface area contributed by atoms with E-state index in [1.165, 1.54) is 0 Å². The molecule has 226 valence electrons. The number of hydrogen-bond acceptors (Lipinski definition) is 6. The lowest BCUT2D eigenvalue weighted by Gasteiger charge is -2.37. The van der Waals surface area contributed by atoms with Gasteiger partial charge >= 0.3 is 0 Å². The molecule has 1 atom stereocenters. The molecule has 0 aliphatic carbocycles. The van der Waals surface area contributed by atoms with Crippen molar-refractivity contribution in [2.75, 3.05) is 52.9 Å². The van der Waals surface area contributed by atoms with Gasteiger partial charge in [0.2, 0.25) is 0 Å². The predicted molar refractivity (Wildman–Crippen MR) is 170 cm³/mol. The van der Waals surface area contributed by atoms with Crippen LogP contribution in [0.5, 0.6) is 5.75 Å². The number of benzene rings is 4. The van der Waals surface area contributed by atoms with Gasteiger partial charge in [0.05, 0.1) is 46.2 Å². The Morgan fingerprint density at radius 3 is 2.02 bits per heavy atom. The summed E-state index contributed by atoms with van der Waals surface area (Å²) in [5, 5.41) is 2.29. The average Bonchev–Trinajstić information content (AvgIpc) is 3.07. The highest BCUT2D eigenvalue weighted by molar-refractivity contribution is 5.95. The molecule has 0 saturated carbocycles. The summed E-state index contributed by atoms with van der Waals surface area (Å²) in [5.74, 6) is 0.832. The first kappa shape index (κ1) is 30.9. The normalized spacial score (nSPS) is 14.4. The van der Waals surface area contributed by atoms with Crippen molar-refractivity contribution in [1.29, 1.82) is 0 Å². The van der Waals surface area contributed by atoms with E-state index in [0.29, 0.717) is 59.5 Å². The zero-order chi connectivity index (χ0) is 29.7. The fraction of sp³-hybridized carbons (Fsp3) is 0.351. The van der Waals surface area contributed by atoms with Crippen molar-refractivity contribution in [3.05, 3.63) is 119 Å². The Bertz CT molecular complexity index is 1400. The van der Waals surface area contributed by atoms with Crippen molar-refractivity contribution in [2.45, 2.75) is 32.2 Å². The largest absolute Gasteiger partial charge is 0.473 e. The number of fused-ring (bicyclic) bond motifs is 3. The van der Waals surface area contributed by atoms with Crippen LogP contribution in [0.25, 0.3) is 16.8 Å². The summed E-state index contributed by atoms with van der Waals surface area (Å²) < 4.78 is 36.1. The smallest absolute Gasteiger partial charge is 0.178 e. The Balaban J connectivity index is 1.37. The summed E-state index contributed by atoms with van der Waals surface area (Å²) in [6, 6.07) is 31.4. The molecule has 0 N–H and O–H groups in total. The lowest BCUT2D eigenvalue weighted by atomic mass is 9.82. The minimum atomic E-state index is -0.768. The van der Waals surface area contributed by atoms with Gasteiger partial charge in [-0.2, -0.15) is 0 Å². The zero-order valence-corrected chi connectivity index (χ0v) is 25.2. The van der Waals surface area contributed by atoms with Gasteiger partial charge in [-0.25, -0.2) is 0 Å². The quantitative estimate of drug-likeness (QED) is 0.123. The third kappa shape index (κ3) is 7.71. The molecule has 0 saturated heterocycles. The Kier molecular flexibility index (Phi) is 11.4. The van der Waals surface area contributed by atoms with E-state index in [1.54, 1.807) is 0 Å². The third-order valence-electron chi connectivity index (χ3n) is 7.50. The first-order valence-electron chi connectivity index (χ1n) is 15.2. The van der Waals surface area contributed by atoms with Gasteiger partial charge in [-0.15, -0.1) is 0 Å². The topological polar surface area (TPSA) is 55.4 Å². The molecule has 1 heterocycles. The van der Waals surface area contributed by atoms with Crippen LogP contribution in [0, 0.1) is 0 Å². The van der Waals surface area contributed by atoms with Crippen LogP contribution in [0.15, 0.2) is 97.1 Å². The van der Waals surface area contributed by atoms with Gasteiger partial charge in [0.15, 0.2) is 5.60 Å². The third-order valence-corrected chi connectivity index (χ3v) is 7.50. The summed E-state index contributed by atoms with van der Waals surface area (Å²) in [5.41, 5.74) is 3.41. The van der Waals surface area contributed by atoms with Crippen LogP contribution in [-0.2, 0) is 35.9 Å². The molecule has 0 bridgehead atoms. The van der Waals surface area contributed by atoms with Crippen molar-refractivity contribution in [3.63, 3.8) is 0 Å². The Morgan fingerprint density at radius 1 is 0.674 bits per heavy atom. The molecule has 1 aliphatic heterocycles. The molecule has 1 aliphatic rings. The molecule has 1 unspecified atom stereocenters. The average molecular weight is 583 g/mol. The molecule has 0 spiro atoms. The lowest BCUT2D eigenvalue weighted by molar-refractivity contribution is -0.0770. The zero-order valence-electron chi connectivity index (χ0n) is 25.2. The number of hydrogen-bond donors (Lipinski definition) is 0. The van der Waals surface area contributed by atoms with Crippen molar-refractivity contribution >= 4 is 16.8 Å². The summed E-state index contributed by atoms with van der Waals surface area (Å²) in [4.78, 5) is 0. The van der Waals surface area contributed by atoms with Gasteiger partial charge in [-0.1, -0.05) is 84.9 Å². The molecule has 43 heavy (non-hydrogen) atoms. The molecule has 6 nitrogen and oxygen atoms in total. The Labute approximate surface area is 255 Å². The van der Waals surface area contributed by atoms with E-state index in [1.807, 2.05) is 26.0 Å². The van der Waals surface area contributed by atoms with E-state index in [4.69, 9.17) is 28.4 Å². The van der Waals surface area contributed by atoms with Crippen LogP contribution in [0.4, 0.5) is 0 Å². The van der Waals surface area contributed by atoms with E-state index in [9.17, 15) is 0 Å². The van der Waals surface area contributed by atoms with E-state index in [-0.39, 0.29) is 6.10 Å². The monoisotopic (exact) mass is 582 g/mol. The summed E-state index contributed by atoms with van der Waals surface area (Å²) in [6.07, 6.45) is 4.18. The molecule has 4 aromatic rings. The van der Waals surface area contributed by atoms with Crippen LogP contribution in [0.1, 0.15) is 36.1 Å². The van der Waals surface area contributed by atoms with E-state index in [0.717, 1.165) is 38.8 Å². The predicted octanol–water partition coefficient (Wildman–Crippen LogP) is 7.18. The second kappa shape index (κ2) is 15.8. The summed E-state index contributed by atoms with van der Waals surface area (Å²) in [6.45, 7) is 8.57. The van der Waals surface area contributed by atoms with Gasteiger partial charge < -0.3 is 28.4 Å². The maximum Gasteiger partial charge on any atom is 0.178 e. The molecule has 0 amide bonds. The molecular weight excluding hydrogens is 540 g/mol. The van der Waals surface area contributed by atoms with E-state index >= 15 is 0 Å². The summed E-state index contributed by atoms with van der Waals surface area (Å²) >= 11 is 0. The fourth-order valence-electron chi connectivity index (χ4n) is 5.39. The van der Waals surface area contributed by atoms with Crippen LogP contribution >= 0.6 is 0 Å². The van der Waals surface area contributed by atoms with Gasteiger partial charge in [0.1, 0.15) is 11.9 Å². The van der Waals surface area contributed by atoms with E-state index in [2.05, 4.69) is 91.0 Å². The van der Waals surface area contributed by atoms with Crippen molar-refractivity contribution in [1.82, 2.24) is 0 Å². The fourth-order valence-corrected chi connectivity index (χ4v) is 5.39. The van der Waals surface area contributed by atoms with Gasteiger partial charge in [-0.05, 0) is 42.8 Å². The van der Waals surface area contributed by atoms with Crippen LogP contribution in [0.2, 0.25) is 0 Å².